The Morgan fingerprint density at radius 2 is 1.94 bits per heavy atom. The molecule has 2 aliphatic carbocycles. The third-order valence-electron chi connectivity index (χ3n) is 12.9. The highest BCUT2D eigenvalue weighted by Gasteiger charge is 2.70. The summed E-state index contributed by atoms with van der Waals surface area (Å²) < 4.78 is 22.6. The van der Waals surface area contributed by atoms with Crippen molar-refractivity contribution in [3.05, 3.63) is 59.6 Å². The highest BCUT2D eigenvalue weighted by Crippen LogP contribution is 2.65. The molecule has 2 saturated carbocycles. The van der Waals surface area contributed by atoms with Crippen molar-refractivity contribution >= 4 is 23.8 Å². The van der Waals surface area contributed by atoms with E-state index in [1.165, 1.54) is 4.90 Å². The van der Waals surface area contributed by atoms with Crippen LogP contribution in [0.15, 0.2) is 59.6 Å². The number of hydrogen-bond acceptors (Lipinski definition) is 12. The van der Waals surface area contributed by atoms with Gasteiger partial charge in [-0.3, -0.25) is 19.4 Å². The van der Waals surface area contributed by atoms with Gasteiger partial charge in [0.15, 0.2) is 6.04 Å². The number of amides is 2. The van der Waals surface area contributed by atoms with E-state index in [0.29, 0.717) is 69.1 Å². The average molecular weight is 737 g/mol. The van der Waals surface area contributed by atoms with E-state index in [-0.39, 0.29) is 37.0 Å². The lowest BCUT2D eigenvalue weighted by Crippen LogP contribution is -2.67. The molecule has 2 amide bonds. The van der Waals surface area contributed by atoms with Gasteiger partial charge in [-0.05, 0) is 75.3 Å². The van der Waals surface area contributed by atoms with Gasteiger partial charge in [0.1, 0.15) is 17.5 Å². The minimum atomic E-state index is -1.04. The Labute approximate surface area is 310 Å². The third-order valence-corrected chi connectivity index (χ3v) is 12.9. The number of aliphatic hydroxyl groups excluding tert-OH is 2. The van der Waals surface area contributed by atoms with Crippen LogP contribution in [0.25, 0.3) is 0 Å². The number of esters is 2. The Morgan fingerprint density at radius 1 is 1.21 bits per heavy atom. The van der Waals surface area contributed by atoms with Gasteiger partial charge in [0, 0.05) is 36.7 Å². The van der Waals surface area contributed by atoms with Crippen LogP contribution in [0, 0.1) is 22.7 Å². The lowest BCUT2D eigenvalue weighted by atomic mass is 9.44. The van der Waals surface area contributed by atoms with Crippen molar-refractivity contribution in [2.24, 2.45) is 22.7 Å². The van der Waals surface area contributed by atoms with Gasteiger partial charge in [-0.1, -0.05) is 32.1 Å². The van der Waals surface area contributed by atoms with Gasteiger partial charge < -0.3 is 39.4 Å². The van der Waals surface area contributed by atoms with E-state index in [2.05, 4.69) is 12.2 Å². The number of hydrogen-bond donors (Lipinski definition) is 3. The molecule has 7 aliphatic rings. The molecule has 3 N–H and O–H groups in total. The molecule has 1 spiro atoms. The number of nitrogens with zero attached hydrogens (tertiary/aromatic N) is 3. The number of fused-ring (bicyclic) bond motifs is 2. The van der Waals surface area contributed by atoms with Gasteiger partial charge in [-0.25, -0.2) is 9.59 Å². The molecule has 53 heavy (non-hydrogen) atoms. The molecule has 3 saturated heterocycles. The first kappa shape index (κ1) is 37.6. The minimum absolute atomic E-state index is 0.00493. The number of likely N-dealkylation sites (N-methyl/N-ethyl adjacent to an activating group) is 1. The van der Waals surface area contributed by atoms with Crippen molar-refractivity contribution in [1.82, 2.24) is 20.0 Å². The number of carbonyl (C=O) groups is 4. The van der Waals surface area contributed by atoms with Crippen LogP contribution in [-0.4, -0.2) is 138 Å². The maximum Gasteiger partial charge on any atom is 0.343 e. The van der Waals surface area contributed by atoms with Gasteiger partial charge in [0.2, 0.25) is 5.91 Å². The zero-order valence-electron chi connectivity index (χ0n) is 31.2. The van der Waals surface area contributed by atoms with Crippen LogP contribution < -0.4 is 5.32 Å². The van der Waals surface area contributed by atoms with Crippen molar-refractivity contribution in [2.45, 2.75) is 83.0 Å². The second-order valence-corrected chi connectivity index (χ2v) is 16.0. The Hall–Kier alpha value is -3.66. The summed E-state index contributed by atoms with van der Waals surface area (Å²) in [7, 11) is 1.70. The van der Waals surface area contributed by atoms with Crippen molar-refractivity contribution in [2.75, 3.05) is 53.2 Å². The molecule has 14 heteroatoms. The fraction of sp³-hybridized carbons (Fsp3) is 0.641. The monoisotopic (exact) mass is 736 g/mol. The van der Waals surface area contributed by atoms with E-state index >= 15 is 0 Å². The largest absolute Gasteiger partial charge is 0.464 e. The summed E-state index contributed by atoms with van der Waals surface area (Å²) in [5, 5.41) is 25.6. The van der Waals surface area contributed by atoms with Gasteiger partial charge in [-0.15, -0.1) is 0 Å². The molecular weight excluding hydrogens is 684 g/mol. The van der Waals surface area contributed by atoms with Crippen molar-refractivity contribution < 1.29 is 48.3 Å². The number of epoxide rings is 1. The number of carbonyl (C=O) groups excluding carboxylic acids is 4. The molecule has 0 aromatic heterocycles. The third kappa shape index (κ3) is 6.40. The summed E-state index contributed by atoms with van der Waals surface area (Å²) in [4.78, 5) is 57.3. The number of rotatable bonds is 9. The molecule has 0 radical (unpaired) electrons. The van der Waals surface area contributed by atoms with Crippen LogP contribution in [0.5, 0.6) is 0 Å². The molecule has 0 bridgehead atoms. The normalized spacial score (nSPS) is 39.6. The molecule has 5 heterocycles. The van der Waals surface area contributed by atoms with E-state index in [0.717, 1.165) is 0 Å². The molecule has 7 rings (SSSR count). The molecule has 5 aliphatic heterocycles. The Morgan fingerprint density at radius 3 is 2.62 bits per heavy atom. The van der Waals surface area contributed by atoms with E-state index < -0.39 is 58.6 Å². The Balaban J connectivity index is 1.14. The number of nitrogens with one attached hydrogen (secondary N) is 1. The van der Waals surface area contributed by atoms with Crippen molar-refractivity contribution in [3.63, 3.8) is 0 Å². The van der Waals surface area contributed by atoms with Crippen LogP contribution in [-0.2, 0) is 38.1 Å². The van der Waals surface area contributed by atoms with E-state index in [1.807, 2.05) is 30.9 Å². The molecule has 5 fully saturated rings. The van der Waals surface area contributed by atoms with Gasteiger partial charge in [0.25, 0.3) is 5.91 Å². The van der Waals surface area contributed by atoms with Crippen LogP contribution in [0.3, 0.4) is 0 Å². The second-order valence-electron chi connectivity index (χ2n) is 16.0. The lowest BCUT2D eigenvalue weighted by molar-refractivity contribution is -0.174. The van der Waals surface area contributed by atoms with E-state index in [9.17, 15) is 29.4 Å². The first-order chi connectivity index (χ1) is 25.3. The second kappa shape index (κ2) is 14.2. The Kier molecular flexibility index (Phi) is 10.1. The predicted molar refractivity (Wildman–Crippen MR) is 190 cm³/mol. The fourth-order valence-corrected chi connectivity index (χ4v) is 9.86. The van der Waals surface area contributed by atoms with Gasteiger partial charge >= 0.3 is 11.9 Å². The summed E-state index contributed by atoms with van der Waals surface area (Å²) in [6, 6.07) is -1.79. The summed E-state index contributed by atoms with van der Waals surface area (Å²) in [6.45, 7) is 10.2. The summed E-state index contributed by atoms with van der Waals surface area (Å²) in [6.07, 6.45) is 13.1. The zero-order valence-corrected chi connectivity index (χ0v) is 31.2. The number of allylic oxidation sites excluding steroid dienone is 4. The maximum atomic E-state index is 13.5. The minimum Gasteiger partial charge on any atom is -0.464 e. The SMILES string of the molecule is CCOC(=O)C1C(=O)N2C=C(/C=C3C=C(/C=C/C4C5(CO5)C(NC(C)C(=O)N5CCOCC5)CC5[C@]4(C)CC[C@@H](O)[C@@]5(C)CO)C(=O)O\3)C=CC2N1C. The topological polar surface area (TPSA) is 171 Å². The van der Waals surface area contributed by atoms with Gasteiger partial charge in [-0.2, -0.15) is 0 Å². The molecule has 0 aromatic rings. The van der Waals surface area contributed by atoms with Crippen LogP contribution >= 0.6 is 0 Å². The first-order valence-corrected chi connectivity index (χ1v) is 18.8. The van der Waals surface area contributed by atoms with Crippen LogP contribution in [0.4, 0.5) is 0 Å². The molecule has 288 valence electrons. The molecule has 10 atom stereocenters. The fourth-order valence-electron chi connectivity index (χ4n) is 9.86. The molecule has 7 unspecified atom stereocenters. The van der Waals surface area contributed by atoms with Crippen molar-refractivity contribution in [3.8, 4) is 0 Å². The Bertz CT molecular complexity index is 1680. The first-order valence-electron chi connectivity index (χ1n) is 18.8. The number of ether oxygens (including phenoxy) is 4. The summed E-state index contributed by atoms with van der Waals surface area (Å²) in [5.41, 5.74) is -0.866. The van der Waals surface area contributed by atoms with E-state index in [1.54, 1.807) is 49.4 Å². The number of morpholine rings is 1. The summed E-state index contributed by atoms with van der Waals surface area (Å²) in [5.74, 6) is -1.56. The standard InChI is InChI=1S/C39H52N4O10/c1-6-51-36(49)32-34(47)43-20-24(7-10-31(43)41(32)5)17-26-18-25(35(48)53-26)8-9-27-37(3)12-11-30(45)38(4,21-44)28(37)19-29(39(27)22-52-39)40-23(2)33(46)42-13-15-50-16-14-42/h7-10,17-18,20,23,27-32,40,44-45H,6,11-16,19,21-22H2,1-5H3/b9-8+,26-17+/t23?,27?,28?,29?,30-,31?,32?,37-,38+,39?/m1/s1. The highest BCUT2D eigenvalue weighted by molar-refractivity contribution is 6.04. The van der Waals surface area contributed by atoms with Crippen LogP contribution in [0.1, 0.15) is 47.0 Å². The highest BCUT2D eigenvalue weighted by atomic mass is 16.6. The number of cyclic esters (lactones) is 1. The van der Waals surface area contributed by atoms with E-state index in [4.69, 9.17) is 18.9 Å². The van der Waals surface area contributed by atoms with Gasteiger partial charge in [0.05, 0.1) is 50.8 Å². The molecule has 0 aromatic carbocycles. The number of aliphatic hydroxyl groups is 2. The average Bonchev–Trinajstić information content (AvgIpc) is 3.79. The van der Waals surface area contributed by atoms with Crippen LogP contribution in [0.2, 0.25) is 0 Å². The summed E-state index contributed by atoms with van der Waals surface area (Å²) >= 11 is 0. The van der Waals surface area contributed by atoms with Crippen molar-refractivity contribution in [1.29, 1.82) is 0 Å². The zero-order chi connectivity index (χ0) is 37.9. The molecular formula is C39H52N4O10. The predicted octanol–water partition coefficient (Wildman–Crippen LogP) is 1.17. The smallest absolute Gasteiger partial charge is 0.343 e. The lowest BCUT2D eigenvalue weighted by Gasteiger charge is -2.62. The quantitative estimate of drug-likeness (QED) is 0.176. The molecule has 14 nitrogen and oxygen atoms in total. The maximum absolute atomic E-state index is 13.5.